The van der Waals surface area contributed by atoms with Gasteiger partial charge in [-0.05, 0) is 50.7 Å². The number of nitrogens with zero attached hydrogens (tertiary/aromatic N) is 1. The second kappa shape index (κ2) is 8.65. The van der Waals surface area contributed by atoms with Crippen molar-refractivity contribution in [2.24, 2.45) is 0 Å². The molecule has 1 unspecified atom stereocenters. The van der Waals surface area contributed by atoms with Crippen molar-refractivity contribution in [3.8, 4) is 0 Å². The molecule has 0 amide bonds. The maximum absolute atomic E-state index is 3.90. The summed E-state index contributed by atoms with van der Waals surface area (Å²) in [7, 11) is 0. The molecule has 0 bridgehead atoms. The fourth-order valence-corrected chi connectivity index (χ4v) is 4.50. The molecule has 1 spiro atoms. The maximum Gasteiger partial charge on any atom is 0.0309 e. The zero-order valence-electron chi connectivity index (χ0n) is 13.6. The predicted molar refractivity (Wildman–Crippen MR) is 91.7 cm³/mol. The van der Waals surface area contributed by atoms with Crippen LogP contribution in [0.3, 0.4) is 0 Å². The molecule has 2 fully saturated rings. The smallest absolute Gasteiger partial charge is 0.0309 e. The van der Waals surface area contributed by atoms with E-state index in [1.807, 2.05) is 11.8 Å². The molecule has 2 rings (SSSR count). The second-order valence-electron chi connectivity index (χ2n) is 6.81. The van der Waals surface area contributed by atoms with Crippen LogP contribution in [0, 0.1) is 0 Å². The van der Waals surface area contributed by atoms with E-state index in [0.717, 1.165) is 6.04 Å². The van der Waals surface area contributed by atoms with Crippen molar-refractivity contribution in [1.29, 1.82) is 0 Å². The molecular formula is C17H34N2S. The fraction of sp³-hybridized carbons (Fsp3) is 1.00. The molecule has 3 heteroatoms. The van der Waals surface area contributed by atoms with Gasteiger partial charge in [-0.1, -0.05) is 32.6 Å². The third-order valence-electron chi connectivity index (χ3n) is 5.31. The van der Waals surface area contributed by atoms with Crippen LogP contribution >= 0.6 is 11.8 Å². The zero-order valence-corrected chi connectivity index (χ0v) is 14.4. The van der Waals surface area contributed by atoms with Crippen molar-refractivity contribution in [1.82, 2.24) is 10.2 Å². The first-order valence-electron chi connectivity index (χ1n) is 8.78. The van der Waals surface area contributed by atoms with Gasteiger partial charge in [-0.2, -0.15) is 11.8 Å². The Bertz CT molecular complexity index is 264. The van der Waals surface area contributed by atoms with Crippen molar-refractivity contribution in [3.63, 3.8) is 0 Å². The topological polar surface area (TPSA) is 15.3 Å². The Balaban J connectivity index is 1.71. The Morgan fingerprint density at radius 2 is 1.90 bits per heavy atom. The SMILES string of the molecule is CCC1CNC2(CCCC2)CN1CCCCCCSC. The minimum atomic E-state index is 0.491. The lowest BCUT2D eigenvalue weighted by Crippen LogP contribution is -2.63. The summed E-state index contributed by atoms with van der Waals surface area (Å²) in [5.74, 6) is 1.34. The van der Waals surface area contributed by atoms with Crippen LogP contribution in [0.2, 0.25) is 0 Å². The highest BCUT2D eigenvalue weighted by molar-refractivity contribution is 7.98. The van der Waals surface area contributed by atoms with Gasteiger partial charge in [-0.15, -0.1) is 0 Å². The summed E-state index contributed by atoms with van der Waals surface area (Å²) in [6.07, 6.45) is 14.9. The number of unbranched alkanes of at least 4 members (excludes halogenated alkanes) is 3. The molecule has 118 valence electrons. The van der Waals surface area contributed by atoms with E-state index in [-0.39, 0.29) is 0 Å². The first kappa shape index (κ1) is 16.6. The molecule has 1 heterocycles. The van der Waals surface area contributed by atoms with Crippen LogP contribution in [-0.4, -0.2) is 48.1 Å². The van der Waals surface area contributed by atoms with E-state index >= 15 is 0 Å². The monoisotopic (exact) mass is 298 g/mol. The van der Waals surface area contributed by atoms with Crippen LogP contribution in [-0.2, 0) is 0 Å². The normalized spacial score (nSPS) is 26.4. The molecule has 20 heavy (non-hydrogen) atoms. The largest absolute Gasteiger partial charge is 0.308 e. The van der Waals surface area contributed by atoms with Gasteiger partial charge in [0.15, 0.2) is 0 Å². The second-order valence-corrected chi connectivity index (χ2v) is 7.79. The highest BCUT2D eigenvalue weighted by Gasteiger charge is 2.40. The zero-order chi connectivity index (χ0) is 14.3. The van der Waals surface area contributed by atoms with E-state index in [1.165, 1.54) is 83.2 Å². The van der Waals surface area contributed by atoms with Gasteiger partial charge in [-0.25, -0.2) is 0 Å². The first-order chi connectivity index (χ1) is 9.79. The number of piperazine rings is 1. The predicted octanol–water partition coefficient (Wildman–Crippen LogP) is 3.91. The Morgan fingerprint density at radius 3 is 2.60 bits per heavy atom. The lowest BCUT2D eigenvalue weighted by Gasteiger charge is -2.46. The third kappa shape index (κ3) is 4.64. The van der Waals surface area contributed by atoms with Crippen LogP contribution in [0.5, 0.6) is 0 Å². The Morgan fingerprint density at radius 1 is 1.15 bits per heavy atom. The lowest BCUT2D eigenvalue weighted by atomic mass is 9.91. The highest BCUT2D eigenvalue weighted by atomic mass is 32.2. The van der Waals surface area contributed by atoms with Crippen LogP contribution in [0.25, 0.3) is 0 Å². The number of thioether (sulfide) groups is 1. The molecule has 0 radical (unpaired) electrons. The van der Waals surface area contributed by atoms with Crippen LogP contribution < -0.4 is 5.32 Å². The minimum absolute atomic E-state index is 0.491. The van der Waals surface area contributed by atoms with Gasteiger partial charge in [0.1, 0.15) is 0 Å². The summed E-state index contributed by atoms with van der Waals surface area (Å²) in [6, 6.07) is 0.785. The standard InChI is InChI=1S/C17H34N2S/c1-3-16-14-18-17(10-6-7-11-17)15-19(16)12-8-4-5-9-13-20-2/h16,18H,3-15H2,1-2H3. The number of rotatable bonds is 8. The van der Waals surface area contributed by atoms with Gasteiger partial charge in [0.25, 0.3) is 0 Å². The molecule has 1 atom stereocenters. The van der Waals surface area contributed by atoms with Crippen molar-refractivity contribution < 1.29 is 0 Å². The first-order valence-corrected chi connectivity index (χ1v) is 10.2. The van der Waals surface area contributed by atoms with E-state index in [4.69, 9.17) is 0 Å². The van der Waals surface area contributed by atoms with Gasteiger partial charge in [0, 0.05) is 24.7 Å². The molecule has 0 aromatic carbocycles. The molecule has 2 aliphatic rings. The molecule has 1 aliphatic carbocycles. The summed E-state index contributed by atoms with van der Waals surface area (Å²) >= 11 is 1.99. The number of hydrogen-bond donors (Lipinski definition) is 1. The molecule has 1 saturated carbocycles. The summed E-state index contributed by atoms with van der Waals surface area (Å²) < 4.78 is 0. The summed E-state index contributed by atoms with van der Waals surface area (Å²) in [4.78, 5) is 2.82. The molecular weight excluding hydrogens is 264 g/mol. The van der Waals surface area contributed by atoms with Crippen LogP contribution in [0.15, 0.2) is 0 Å². The lowest BCUT2D eigenvalue weighted by molar-refractivity contribution is 0.0767. The van der Waals surface area contributed by atoms with Gasteiger partial charge in [0.2, 0.25) is 0 Å². The van der Waals surface area contributed by atoms with Gasteiger partial charge < -0.3 is 5.32 Å². The van der Waals surface area contributed by atoms with E-state index in [0.29, 0.717) is 5.54 Å². The number of nitrogens with one attached hydrogen (secondary N) is 1. The molecule has 0 aromatic heterocycles. The van der Waals surface area contributed by atoms with Gasteiger partial charge in [-0.3, -0.25) is 4.90 Å². The van der Waals surface area contributed by atoms with Crippen molar-refractivity contribution >= 4 is 11.8 Å². The van der Waals surface area contributed by atoms with Crippen LogP contribution in [0.1, 0.15) is 64.7 Å². The minimum Gasteiger partial charge on any atom is -0.308 e. The quantitative estimate of drug-likeness (QED) is 0.684. The van der Waals surface area contributed by atoms with E-state index in [1.54, 1.807) is 0 Å². The van der Waals surface area contributed by atoms with E-state index in [2.05, 4.69) is 23.4 Å². The van der Waals surface area contributed by atoms with E-state index in [9.17, 15) is 0 Å². The Labute approximate surface area is 130 Å². The summed E-state index contributed by atoms with van der Waals surface area (Å²) in [5.41, 5.74) is 0.491. The summed E-state index contributed by atoms with van der Waals surface area (Å²) in [6.45, 7) is 6.23. The van der Waals surface area contributed by atoms with Crippen LogP contribution in [0.4, 0.5) is 0 Å². The fourth-order valence-electron chi connectivity index (χ4n) is 4.00. The average Bonchev–Trinajstić information content (AvgIpc) is 2.91. The molecule has 1 N–H and O–H groups in total. The number of hydrogen-bond acceptors (Lipinski definition) is 3. The van der Waals surface area contributed by atoms with Crippen molar-refractivity contribution in [2.75, 3.05) is 31.6 Å². The highest BCUT2D eigenvalue weighted by Crippen LogP contribution is 2.33. The Hall–Kier alpha value is 0.270. The van der Waals surface area contributed by atoms with Crippen molar-refractivity contribution in [2.45, 2.75) is 76.3 Å². The maximum atomic E-state index is 3.90. The van der Waals surface area contributed by atoms with Crippen molar-refractivity contribution in [3.05, 3.63) is 0 Å². The molecule has 0 aromatic rings. The van der Waals surface area contributed by atoms with Gasteiger partial charge >= 0.3 is 0 Å². The Kier molecular flexibility index (Phi) is 7.20. The van der Waals surface area contributed by atoms with Gasteiger partial charge in [0.05, 0.1) is 0 Å². The molecule has 1 aliphatic heterocycles. The average molecular weight is 299 g/mol. The third-order valence-corrected chi connectivity index (χ3v) is 6.01. The molecule has 2 nitrogen and oxygen atoms in total. The summed E-state index contributed by atoms with van der Waals surface area (Å²) in [5, 5.41) is 3.90. The van der Waals surface area contributed by atoms with E-state index < -0.39 is 0 Å². The molecule has 1 saturated heterocycles.